The quantitative estimate of drug-likeness (QED) is 0.409. The lowest BCUT2D eigenvalue weighted by atomic mass is 9.92. The molecule has 0 spiro atoms. The van der Waals surface area contributed by atoms with Crippen molar-refractivity contribution >= 4 is 35.2 Å². The van der Waals surface area contributed by atoms with Gasteiger partial charge in [0.25, 0.3) is 5.91 Å². The average molecular weight is 530 g/mol. The van der Waals surface area contributed by atoms with E-state index in [2.05, 4.69) is 10.6 Å². The molecule has 37 heavy (non-hydrogen) atoms. The number of hydrogen-bond donors (Lipinski definition) is 2. The van der Waals surface area contributed by atoms with Crippen molar-refractivity contribution in [3.05, 3.63) is 63.7 Å². The largest absolute Gasteiger partial charge is 0.444 e. The van der Waals surface area contributed by atoms with Crippen molar-refractivity contribution in [2.45, 2.75) is 92.5 Å². The molecule has 3 atom stereocenters. The Kier molecular flexibility index (Phi) is 10.2. The van der Waals surface area contributed by atoms with Crippen LogP contribution in [0.2, 0.25) is 5.02 Å². The van der Waals surface area contributed by atoms with Gasteiger partial charge < -0.3 is 20.3 Å². The highest BCUT2D eigenvalue weighted by atomic mass is 35.5. The first-order valence-corrected chi connectivity index (χ1v) is 13.0. The summed E-state index contributed by atoms with van der Waals surface area (Å²) in [5.41, 5.74) is 3.10. The number of halogens is 1. The number of ether oxygens (including phenoxy) is 1. The molecular weight excluding hydrogens is 490 g/mol. The standard InChI is InChI=1S/C29H40ClN3O4/c1-10-20(5)33(27(35)21(6)31-28(36)37-29(7,8)9)25(23-17(2)13-11-14-18(23)3)26(34)32-24-19(4)15-12-16-22(24)30/h11-16,20-21,25H,10H2,1-9H3,(H,31,36)(H,32,34). The zero-order valence-corrected chi connectivity index (χ0v) is 24.1. The van der Waals surface area contributed by atoms with Crippen molar-refractivity contribution in [2.75, 3.05) is 5.32 Å². The van der Waals surface area contributed by atoms with Gasteiger partial charge in [0, 0.05) is 6.04 Å². The summed E-state index contributed by atoms with van der Waals surface area (Å²) in [4.78, 5) is 42.0. The molecule has 0 heterocycles. The molecule has 2 aromatic carbocycles. The van der Waals surface area contributed by atoms with E-state index < -0.39 is 23.8 Å². The third-order valence-corrected chi connectivity index (χ3v) is 6.55. The molecule has 0 saturated heterocycles. The van der Waals surface area contributed by atoms with Crippen LogP contribution in [0.15, 0.2) is 36.4 Å². The second-order valence-corrected chi connectivity index (χ2v) is 10.9. The van der Waals surface area contributed by atoms with Gasteiger partial charge in [0.2, 0.25) is 5.91 Å². The van der Waals surface area contributed by atoms with Gasteiger partial charge in [0.05, 0.1) is 10.7 Å². The van der Waals surface area contributed by atoms with Crippen LogP contribution in [0.5, 0.6) is 0 Å². The Bertz CT molecular complexity index is 1100. The molecular formula is C29H40ClN3O4. The van der Waals surface area contributed by atoms with Gasteiger partial charge in [0.1, 0.15) is 17.7 Å². The van der Waals surface area contributed by atoms with Crippen molar-refractivity contribution < 1.29 is 19.1 Å². The Hall–Kier alpha value is -3.06. The zero-order valence-electron chi connectivity index (χ0n) is 23.4. The monoisotopic (exact) mass is 529 g/mol. The van der Waals surface area contributed by atoms with Crippen molar-refractivity contribution in [1.82, 2.24) is 10.2 Å². The predicted octanol–water partition coefficient (Wildman–Crippen LogP) is 6.49. The van der Waals surface area contributed by atoms with Crippen LogP contribution in [0.4, 0.5) is 10.5 Å². The van der Waals surface area contributed by atoms with E-state index >= 15 is 0 Å². The molecule has 0 radical (unpaired) electrons. The number of benzene rings is 2. The molecule has 202 valence electrons. The van der Waals surface area contributed by atoms with Crippen LogP contribution >= 0.6 is 11.6 Å². The summed E-state index contributed by atoms with van der Waals surface area (Å²) in [6, 6.07) is 8.96. The molecule has 2 aromatic rings. The number of carbonyl (C=O) groups excluding carboxylic acids is 3. The van der Waals surface area contributed by atoms with E-state index in [4.69, 9.17) is 16.3 Å². The van der Waals surface area contributed by atoms with Gasteiger partial charge in [-0.05, 0) is 90.1 Å². The fourth-order valence-corrected chi connectivity index (χ4v) is 4.47. The molecule has 0 fully saturated rings. The van der Waals surface area contributed by atoms with E-state index in [0.717, 1.165) is 22.3 Å². The fraction of sp³-hybridized carbons (Fsp3) is 0.483. The number of aryl methyl sites for hydroxylation is 3. The molecule has 0 saturated carbocycles. The van der Waals surface area contributed by atoms with E-state index in [0.29, 0.717) is 17.1 Å². The molecule has 0 aromatic heterocycles. The van der Waals surface area contributed by atoms with Crippen LogP contribution in [-0.2, 0) is 14.3 Å². The second-order valence-electron chi connectivity index (χ2n) is 10.5. The first kappa shape index (κ1) is 30.2. The van der Waals surface area contributed by atoms with Crippen molar-refractivity contribution in [2.24, 2.45) is 0 Å². The van der Waals surface area contributed by atoms with Crippen LogP contribution < -0.4 is 10.6 Å². The number of nitrogens with one attached hydrogen (secondary N) is 2. The lowest BCUT2D eigenvalue weighted by Crippen LogP contribution is -2.54. The summed E-state index contributed by atoms with van der Waals surface area (Å²) >= 11 is 6.42. The van der Waals surface area contributed by atoms with E-state index in [1.165, 1.54) is 0 Å². The molecule has 3 unspecified atom stereocenters. The maximum absolute atomic E-state index is 14.0. The number of hydrogen-bond acceptors (Lipinski definition) is 4. The summed E-state index contributed by atoms with van der Waals surface area (Å²) in [6.07, 6.45) is -0.0951. The second kappa shape index (κ2) is 12.5. The summed E-state index contributed by atoms with van der Waals surface area (Å²) < 4.78 is 5.35. The fourth-order valence-electron chi connectivity index (χ4n) is 4.20. The average Bonchev–Trinajstić information content (AvgIpc) is 2.78. The van der Waals surface area contributed by atoms with Crippen LogP contribution in [0.1, 0.15) is 76.3 Å². The first-order valence-electron chi connectivity index (χ1n) is 12.6. The topological polar surface area (TPSA) is 87.7 Å². The van der Waals surface area contributed by atoms with Gasteiger partial charge in [-0.25, -0.2) is 4.79 Å². The van der Waals surface area contributed by atoms with Gasteiger partial charge in [-0.3, -0.25) is 9.59 Å². The summed E-state index contributed by atoms with van der Waals surface area (Å²) in [5, 5.41) is 6.02. The van der Waals surface area contributed by atoms with Gasteiger partial charge in [-0.1, -0.05) is 48.9 Å². The maximum atomic E-state index is 14.0. The molecule has 0 aliphatic rings. The molecule has 2 N–H and O–H groups in total. The Balaban J connectivity index is 2.59. The number of amides is 3. The molecule has 0 bridgehead atoms. The number of nitrogens with zero attached hydrogens (tertiary/aromatic N) is 1. The lowest BCUT2D eigenvalue weighted by molar-refractivity contribution is -0.143. The first-order chi connectivity index (χ1) is 17.2. The van der Waals surface area contributed by atoms with Gasteiger partial charge in [-0.2, -0.15) is 0 Å². The normalized spacial score (nSPS) is 13.8. The maximum Gasteiger partial charge on any atom is 0.408 e. The molecule has 3 amide bonds. The lowest BCUT2D eigenvalue weighted by Gasteiger charge is -2.38. The van der Waals surface area contributed by atoms with Crippen molar-refractivity contribution in [3.8, 4) is 0 Å². The minimum absolute atomic E-state index is 0.308. The summed E-state index contributed by atoms with van der Waals surface area (Å²) in [6.45, 7) is 16.4. The molecule has 0 aliphatic heterocycles. The number of rotatable bonds is 8. The van der Waals surface area contributed by atoms with E-state index in [9.17, 15) is 14.4 Å². The Morgan fingerprint density at radius 1 is 0.973 bits per heavy atom. The van der Waals surface area contributed by atoms with Crippen molar-refractivity contribution in [3.63, 3.8) is 0 Å². The Labute approximate surface area is 225 Å². The molecule has 8 heteroatoms. The third kappa shape index (κ3) is 7.71. The van der Waals surface area contributed by atoms with Crippen LogP contribution in [0.25, 0.3) is 0 Å². The highest BCUT2D eigenvalue weighted by Crippen LogP contribution is 2.33. The molecule has 2 rings (SSSR count). The Morgan fingerprint density at radius 3 is 2.03 bits per heavy atom. The predicted molar refractivity (Wildman–Crippen MR) is 149 cm³/mol. The Morgan fingerprint density at radius 2 is 1.51 bits per heavy atom. The third-order valence-electron chi connectivity index (χ3n) is 6.24. The van der Waals surface area contributed by atoms with Gasteiger partial charge in [-0.15, -0.1) is 0 Å². The highest BCUT2D eigenvalue weighted by molar-refractivity contribution is 6.34. The SMILES string of the molecule is CCC(C)N(C(=O)C(C)NC(=O)OC(C)(C)C)C(C(=O)Nc1c(C)cccc1Cl)c1c(C)cccc1C. The van der Waals surface area contributed by atoms with E-state index in [1.54, 1.807) is 38.7 Å². The number of para-hydroxylation sites is 1. The van der Waals surface area contributed by atoms with Gasteiger partial charge >= 0.3 is 6.09 Å². The van der Waals surface area contributed by atoms with Crippen molar-refractivity contribution in [1.29, 1.82) is 0 Å². The van der Waals surface area contributed by atoms with E-state index in [-0.39, 0.29) is 17.9 Å². The number of carbonyl (C=O) groups is 3. The van der Waals surface area contributed by atoms with E-state index in [1.807, 2.05) is 65.0 Å². The smallest absolute Gasteiger partial charge is 0.408 e. The zero-order chi connectivity index (χ0) is 28.1. The number of alkyl carbamates (subject to hydrolysis) is 1. The van der Waals surface area contributed by atoms with Crippen LogP contribution in [0.3, 0.4) is 0 Å². The molecule has 0 aliphatic carbocycles. The molecule has 7 nitrogen and oxygen atoms in total. The minimum Gasteiger partial charge on any atom is -0.444 e. The number of anilines is 1. The highest BCUT2D eigenvalue weighted by Gasteiger charge is 2.38. The minimum atomic E-state index is -0.956. The van der Waals surface area contributed by atoms with Gasteiger partial charge in [0.15, 0.2) is 0 Å². The summed E-state index contributed by atoms with van der Waals surface area (Å²) in [5.74, 6) is -0.773. The van der Waals surface area contributed by atoms with Crippen LogP contribution in [-0.4, -0.2) is 40.5 Å². The summed E-state index contributed by atoms with van der Waals surface area (Å²) in [7, 11) is 0. The van der Waals surface area contributed by atoms with Crippen LogP contribution in [0, 0.1) is 20.8 Å².